The third-order valence-electron chi connectivity index (χ3n) is 5.05. The largest absolute Gasteiger partial charge is 0.507 e. The van der Waals surface area contributed by atoms with E-state index in [1.54, 1.807) is 0 Å². The highest BCUT2D eigenvalue weighted by atomic mass is 32.2. The van der Waals surface area contributed by atoms with Crippen molar-refractivity contribution >= 4 is 21.7 Å². The van der Waals surface area contributed by atoms with Crippen molar-refractivity contribution in [2.45, 2.75) is 17.4 Å². The van der Waals surface area contributed by atoms with Gasteiger partial charge in [0.15, 0.2) is 0 Å². The number of carbonyl (C=O) groups excluding carboxylic acids is 1. The van der Waals surface area contributed by atoms with Gasteiger partial charge in [-0.15, -0.1) is 0 Å². The van der Waals surface area contributed by atoms with Crippen LogP contribution in [0, 0.1) is 5.82 Å². The van der Waals surface area contributed by atoms with Gasteiger partial charge in [0.05, 0.1) is 23.8 Å². The molecular weight excluding hydrogens is 453 g/mol. The summed E-state index contributed by atoms with van der Waals surface area (Å²) in [6, 6.07) is 12.7. The van der Waals surface area contributed by atoms with Crippen LogP contribution in [0.2, 0.25) is 0 Å². The Morgan fingerprint density at radius 2 is 1.88 bits per heavy atom. The van der Waals surface area contributed by atoms with Crippen LogP contribution in [0.25, 0.3) is 11.1 Å². The Morgan fingerprint density at radius 1 is 1.06 bits per heavy atom. The summed E-state index contributed by atoms with van der Waals surface area (Å²) in [6.45, 7) is 0.779. The maximum absolute atomic E-state index is 13.6. The van der Waals surface area contributed by atoms with Gasteiger partial charge in [0.1, 0.15) is 29.0 Å². The van der Waals surface area contributed by atoms with Crippen molar-refractivity contribution < 1.29 is 37.3 Å². The van der Waals surface area contributed by atoms with E-state index in [1.807, 2.05) is 0 Å². The molecule has 0 amide bonds. The summed E-state index contributed by atoms with van der Waals surface area (Å²) >= 11 is 0. The Labute approximate surface area is 189 Å². The van der Waals surface area contributed by atoms with Gasteiger partial charge in [-0.05, 0) is 48.0 Å². The average Bonchev–Trinajstić information content (AvgIpc) is 3.28. The van der Waals surface area contributed by atoms with E-state index in [2.05, 4.69) is 4.72 Å². The highest BCUT2D eigenvalue weighted by Crippen LogP contribution is 2.32. The Bertz CT molecular complexity index is 1300. The summed E-state index contributed by atoms with van der Waals surface area (Å²) in [5.41, 5.74) is 0.354. The number of carbonyl (C=O) groups is 1. The van der Waals surface area contributed by atoms with Crippen LogP contribution < -0.4 is 4.72 Å². The topological polar surface area (TPSA) is 122 Å². The van der Waals surface area contributed by atoms with Crippen molar-refractivity contribution in [3.05, 3.63) is 72.0 Å². The predicted octanol–water partition coefficient (Wildman–Crippen LogP) is 3.65. The molecule has 0 saturated carbocycles. The van der Waals surface area contributed by atoms with E-state index in [0.29, 0.717) is 18.6 Å². The molecule has 0 spiro atoms. The molecule has 1 unspecified atom stereocenters. The Hall–Kier alpha value is -3.63. The number of esters is 1. The maximum atomic E-state index is 13.6. The Balaban J connectivity index is 1.55. The van der Waals surface area contributed by atoms with Crippen LogP contribution >= 0.6 is 0 Å². The minimum absolute atomic E-state index is 0.0206. The van der Waals surface area contributed by atoms with Crippen molar-refractivity contribution in [1.82, 2.24) is 0 Å². The number of nitrogens with one attached hydrogen (secondary N) is 1. The van der Waals surface area contributed by atoms with Crippen LogP contribution in [0.3, 0.4) is 0 Å². The first-order valence-corrected chi connectivity index (χ1v) is 11.4. The lowest BCUT2D eigenvalue weighted by Gasteiger charge is -2.13. The van der Waals surface area contributed by atoms with E-state index >= 15 is 0 Å². The van der Waals surface area contributed by atoms with Crippen LogP contribution in [-0.4, -0.2) is 43.9 Å². The molecule has 10 heteroatoms. The summed E-state index contributed by atoms with van der Waals surface area (Å²) in [7, 11) is -4.10. The van der Waals surface area contributed by atoms with Crippen molar-refractivity contribution in [2.24, 2.45) is 0 Å². The second-order valence-electron chi connectivity index (χ2n) is 7.42. The molecule has 3 aromatic carbocycles. The van der Waals surface area contributed by atoms with E-state index in [-0.39, 0.29) is 40.2 Å². The molecule has 1 fully saturated rings. The normalized spacial score (nSPS) is 15.8. The summed E-state index contributed by atoms with van der Waals surface area (Å²) < 4.78 is 52.0. The summed E-state index contributed by atoms with van der Waals surface area (Å²) in [5, 5.41) is 20.2. The van der Waals surface area contributed by atoms with Crippen molar-refractivity contribution in [3.63, 3.8) is 0 Å². The lowest BCUT2D eigenvalue weighted by molar-refractivity contribution is 0.0267. The van der Waals surface area contributed by atoms with Crippen LogP contribution in [0.5, 0.6) is 11.5 Å². The van der Waals surface area contributed by atoms with Gasteiger partial charge < -0.3 is 19.7 Å². The highest BCUT2D eigenvalue weighted by molar-refractivity contribution is 7.92. The second-order valence-corrected chi connectivity index (χ2v) is 9.10. The molecule has 1 aliphatic heterocycles. The van der Waals surface area contributed by atoms with E-state index in [9.17, 15) is 27.8 Å². The van der Waals surface area contributed by atoms with Gasteiger partial charge in [0.2, 0.25) is 0 Å². The fourth-order valence-corrected chi connectivity index (χ4v) is 4.47. The van der Waals surface area contributed by atoms with E-state index < -0.39 is 27.6 Å². The van der Waals surface area contributed by atoms with Crippen LogP contribution in [0.15, 0.2) is 65.6 Å². The monoisotopic (exact) mass is 473 g/mol. The highest BCUT2D eigenvalue weighted by Gasteiger charge is 2.23. The number of anilines is 1. The smallest absolute Gasteiger partial charge is 0.342 e. The van der Waals surface area contributed by atoms with Crippen LogP contribution in [0.4, 0.5) is 10.1 Å². The number of benzene rings is 3. The number of halogens is 1. The third kappa shape index (κ3) is 5.07. The second kappa shape index (κ2) is 9.08. The molecule has 0 aromatic heterocycles. The van der Waals surface area contributed by atoms with Gasteiger partial charge in [-0.2, -0.15) is 0 Å². The predicted molar refractivity (Wildman–Crippen MR) is 117 cm³/mol. The quantitative estimate of drug-likeness (QED) is 0.467. The molecule has 1 atom stereocenters. The fraction of sp³-hybridized carbons (Fsp3) is 0.174. The third-order valence-corrected chi connectivity index (χ3v) is 6.42. The first-order valence-electron chi connectivity index (χ1n) is 9.96. The van der Waals surface area contributed by atoms with Crippen molar-refractivity contribution in [3.8, 4) is 22.6 Å². The minimum atomic E-state index is -4.10. The van der Waals surface area contributed by atoms with Crippen LogP contribution in [-0.2, 0) is 19.5 Å². The molecule has 0 bridgehead atoms. The number of hydrogen-bond donors (Lipinski definition) is 3. The van der Waals surface area contributed by atoms with Crippen molar-refractivity contribution in [2.75, 3.05) is 17.9 Å². The van der Waals surface area contributed by atoms with E-state index in [4.69, 9.17) is 9.47 Å². The molecule has 3 aromatic rings. The van der Waals surface area contributed by atoms with Crippen LogP contribution in [0.1, 0.15) is 16.8 Å². The van der Waals surface area contributed by atoms with Gasteiger partial charge in [0.25, 0.3) is 10.0 Å². The minimum Gasteiger partial charge on any atom is -0.507 e. The zero-order chi connectivity index (χ0) is 23.6. The molecule has 1 saturated heterocycles. The van der Waals surface area contributed by atoms with E-state index in [0.717, 1.165) is 18.2 Å². The number of phenols is 2. The van der Waals surface area contributed by atoms with E-state index in [1.165, 1.54) is 42.5 Å². The van der Waals surface area contributed by atoms with Gasteiger partial charge >= 0.3 is 5.97 Å². The first kappa shape index (κ1) is 22.6. The molecule has 172 valence electrons. The SMILES string of the molecule is O=C(OC1CCOC1)c1ccc(NS(=O)(=O)c2cccc(-c3cc(F)ccc3O)c2)cc1O. The molecular formula is C23H20FNO7S. The van der Waals surface area contributed by atoms with Gasteiger partial charge in [0, 0.05) is 18.1 Å². The molecule has 3 N–H and O–H groups in total. The lowest BCUT2D eigenvalue weighted by atomic mass is 10.0. The maximum Gasteiger partial charge on any atom is 0.342 e. The first-order chi connectivity index (χ1) is 15.7. The Kier molecular flexibility index (Phi) is 6.21. The fourth-order valence-electron chi connectivity index (χ4n) is 3.37. The molecule has 0 radical (unpaired) electrons. The number of aromatic hydroxyl groups is 2. The molecule has 1 aliphatic rings. The standard InChI is InChI=1S/C23H20FNO7S/c24-15-4-7-21(26)20(11-15)14-2-1-3-18(10-14)33(29,30)25-16-5-6-19(22(27)12-16)23(28)32-17-8-9-31-13-17/h1-7,10-12,17,25-27H,8-9,13H2. The number of sulfonamides is 1. The number of hydrogen-bond acceptors (Lipinski definition) is 7. The molecule has 4 rings (SSSR count). The summed E-state index contributed by atoms with van der Waals surface area (Å²) in [6.07, 6.45) is 0.177. The van der Waals surface area contributed by atoms with Gasteiger partial charge in [-0.1, -0.05) is 12.1 Å². The molecule has 33 heavy (non-hydrogen) atoms. The molecule has 0 aliphatic carbocycles. The number of phenolic OH excluding ortho intramolecular Hbond substituents is 2. The van der Waals surface area contributed by atoms with Gasteiger partial charge in [-0.25, -0.2) is 17.6 Å². The summed E-state index contributed by atoms with van der Waals surface area (Å²) in [4.78, 5) is 12.1. The lowest BCUT2D eigenvalue weighted by Crippen LogP contribution is -2.18. The molecule has 1 heterocycles. The zero-order valence-electron chi connectivity index (χ0n) is 17.2. The molecule has 8 nitrogen and oxygen atoms in total. The number of ether oxygens (including phenoxy) is 2. The summed E-state index contributed by atoms with van der Waals surface area (Å²) in [5.74, 6) is -1.96. The van der Waals surface area contributed by atoms with Gasteiger partial charge in [-0.3, -0.25) is 4.72 Å². The van der Waals surface area contributed by atoms with Crippen molar-refractivity contribution in [1.29, 1.82) is 0 Å². The Morgan fingerprint density at radius 3 is 2.61 bits per heavy atom. The average molecular weight is 473 g/mol. The zero-order valence-corrected chi connectivity index (χ0v) is 18.0. The number of rotatable bonds is 6.